The number of amides is 1. The molecule has 1 amide bonds. The van der Waals surface area contributed by atoms with Crippen molar-refractivity contribution < 1.29 is 9.53 Å². The number of morpholine rings is 1. The smallest absolute Gasteiger partial charge is 0.226 e. The van der Waals surface area contributed by atoms with Gasteiger partial charge in [0.2, 0.25) is 5.91 Å². The van der Waals surface area contributed by atoms with Crippen LogP contribution < -0.4 is 0 Å². The van der Waals surface area contributed by atoms with Crippen molar-refractivity contribution in [1.82, 2.24) is 4.90 Å². The lowest BCUT2D eigenvalue weighted by Crippen LogP contribution is -2.49. The lowest BCUT2D eigenvalue weighted by Gasteiger charge is -2.35. The molecule has 2 rings (SSSR count). The quantitative estimate of drug-likeness (QED) is 0.818. The lowest BCUT2D eigenvalue weighted by molar-refractivity contribution is -0.142. The Morgan fingerprint density at radius 3 is 2.83 bits per heavy atom. The monoisotopic (exact) mass is 247 g/mol. The molecule has 1 aromatic rings. The zero-order valence-corrected chi connectivity index (χ0v) is 11.1. The topological polar surface area (TPSA) is 29.5 Å². The van der Waals surface area contributed by atoms with Crippen LogP contribution in [-0.4, -0.2) is 36.6 Å². The van der Waals surface area contributed by atoms with Gasteiger partial charge in [0.05, 0.1) is 19.3 Å². The van der Waals surface area contributed by atoms with Crippen molar-refractivity contribution in [3.8, 4) is 0 Å². The van der Waals surface area contributed by atoms with E-state index in [9.17, 15) is 4.79 Å². The molecular formula is C15H21NO2. The minimum Gasteiger partial charge on any atom is -0.377 e. The van der Waals surface area contributed by atoms with E-state index in [4.69, 9.17) is 4.74 Å². The first-order valence-corrected chi connectivity index (χ1v) is 6.60. The molecular weight excluding hydrogens is 226 g/mol. The number of carbonyl (C=O) groups is 1. The van der Waals surface area contributed by atoms with Crippen LogP contribution in [-0.2, 0) is 16.0 Å². The Morgan fingerprint density at radius 1 is 1.44 bits per heavy atom. The lowest BCUT2D eigenvalue weighted by atomic mass is 9.99. The third-order valence-electron chi connectivity index (χ3n) is 3.46. The number of nitrogens with zero attached hydrogens (tertiary/aromatic N) is 1. The van der Waals surface area contributed by atoms with Gasteiger partial charge in [0.1, 0.15) is 0 Å². The maximum absolute atomic E-state index is 12.4. The Balaban J connectivity index is 1.96. The Hall–Kier alpha value is -1.35. The molecule has 1 saturated heterocycles. The summed E-state index contributed by atoms with van der Waals surface area (Å²) in [7, 11) is 0. The third-order valence-corrected chi connectivity index (χ3v) is 3.46. The summed E-state index contributed by atoms with van der Waals surface area (Å²) >= 11 is 0. The minimum atomic E-state index is 0.0351. The van der Waals surface area contributed by atoms with Gasteiger partial charge in [0.25, 0.3) is 0 Å². The molecule has 3 nitrogen and oxygen atoms in total. The Bertz CT molecular complexity index is 391. The van der Waals surface area contributed by atoms with E-state index in [1.165, 1.54) is 5.56 Å². The molecule has 1 aliphatic heterocycles. The number of hydrogen-bond donors (Lipinski definition) is 0. The van der Waals surface area contributed by atoms with E-state index >= 15 is 0 Å². The Morgan fingerprint density at radius 2 is 2.17 bits per heavy atom. The van der Waals surface area contributed by atoms with Crippen LogP contribution >= 0.6 is 0 Å². The molecule has 0 aromatic heterocycles. The van der Waals surface area contributed by atoms with Crippen LogP contribution in [0.25, 0.3) is 0 Å². The average Bonchev–Trinajstić information content (AvgIpc) is 2.39. The molecule has 1 fully saturated rings. The van der Waals surface area contributed by atoms with Crippen LogP contribution in [0, 0.1) is 5.92 Å². The summed E-state index contributed by atoms with van der Waals surface area (Å²) in [6.45, 7) is 6.10. The summed E-state index contributed by atoms with van der Waals surface area (Å²) in [5.74, 6) is 0.280. The molecule has 1 heterocycles. The van der Waals surface area contributed by atoms with Crippen LogP contribution in [0.4, 0.5) is 0 Å². The molecule has 18 heavy (non-hydrogen) atoms. The van der Waals surface area contributed by atoms with E-state index in [0.29, 0.717) is 13.2 Å². The van der Waals surface area contributed by atoms with Crippen molar-refractivity contribution in [2.75, 3.05) is 19.8 Å². The molecule has 98 valence electrons. The van der Waals surface area contributed by atoms with Gasteiger partial charge in [-0.05, 0) is 18.9 Å². The fourth-order valence-electron chi connectivity index (χ4n) is 2.39. The van der Waals surface area contributed by atoms with Crippen LogP contribution in [0.2, 0.25) is 0 Å². The van der Waals surface area contributed by atoms with Crippen LogP contribution in [0.15, 0.2) is 30.3 Å². The van der Waals surface area contributed by atoms with E-state index < -0.39 is 0 Å². The molecule has 1 aromatic carbocycles. The van der Waals surface area contributed by atoms with Crippen molar-refractivity contribution in [3.05, 3.63) is 35.9 Å². The van der Waals surface area contributed by atoms with Crippen molar-refractivity contribution in [2.45, 2.75) is 26.3 Å². The van der Waals surface area contributed by atoms with Gasteiger partial charge in [0, 0.05) is 12.5 Å². The maximum atomic E-state index is 12.4. The van der Waals surface area contributed by atoms with Gasteiger partial charge in [-0.15, -0.1) is 0 Å². The molecule has 0 aliphatic carbocycles. The summed E-state index contributed by atoms with van der Waals surface area (Å²) < 4.78 is 5.37. The maximum Gasteiger partial charge on any atom is 0.226 e. The molecule has 3 heteroatoms. The molecule has 1 aliphatic rings. The number of rotatable bonds is 3. The zero-order chi connectivity index (χ0) is 13.0. The third kappa shape index (κ3) is 3.10. The van der Waals surface area contributed by atoms with E-state index in [1.807, 2.05) is 36.9 Å². The highest BCUT2D eigenvalue weighted by molar-refractivity contribution is 5.79. The summed E-state index contributed by atoms with van der Waals surface area (Å²) in [6.07, 6.45) is 0.809. The van der Waals surface area contributed by atoms with E-state index in [0.717, 1.165) is 13.0 Å². The van der Waals surface area contributed by atoms with Gasteiger partial charge in [-0.3, -0.25) is 4.79 Å². The molecule has 0 radical (unpaired) electrons. The van der Waals surface area contributed by atoms with Crippen LogP contribution in [0.5, 0.6) is 0 Å². The predicted molar refractivity (Wildman–Crippen MR) is 71.3 cm³/mol. The molecule has 2 atom stereocenters. The summed E-state index contributed by atoms with van der Waals surface area (Å²) in [6, 6.07) is 10.4. The van der Waals surface area contributed by atoms with Crippen LogP contribution in [0.3, 0.4) is 0 Å². The minimum absolute atomic E-state index is 0.0351. The molecule has 0 saturated carbocycles. The highest BCUT2D eigenvalue weighted by atomic mass is 16.5. The molecule has 0 bridgehead atoms. The summed E-state index contributed by atoms with van der Waals surface area (Å²) in [5.41, 5.74) is 1.22. The zero-order valence-electron chi connectivity index (χ0n) is 11.1. The van der Waals surface area contributed by atoms with Gasteiger partial charge in [0.15, 0.2) is 0 Å². The van der Waals surface area contributed by atoms with Crippen molar-refractivity contribution in [3.63, 3.8) is 0 Å². The highest BCUT2D eigenvalue weighted by Gasteiger charge is 2.27. The largest absolute Gasteiger partial charge is 0.377 e. The predicted octanol–water partition coefficient (Wildman–Crippen LogP) is 2.11. The number of benzene rings is 1. The second-order valence-electron chi connectivity index (χ2n) is 5.05. The van der Waals surface area contributed by atoms with E-state index in [1.54, 1.807) is 0 Å². The standard InChI is InChI=1S/C15H21NO2/c1-12(10-14-6-4-3-5-7-14)15(17)16-8-9-18-11-13(16)2/h3-7,12-13H,8-11H2,1-2H3. The first kappa shape index (κ1) is 13.1. The van der Waals surface area contributed by atoms with Gasteiger partial charge in [-0.2, -0.15) is 0 Å². The van der Waals surface area contributed by atoms with Gasteiger partial charge in [-0.25, -0.2) is 0 Å². The Kier molecular flexibility index (Phi) is 4.37. The summed E-state index contributed by atoms with van der Waals surface area (Å²) in [4.78, 5) is 14.3. The fraction of sp³-hybridized carbons (Fsp3) is 0.533. The fourth-order valence-corrected chi connectivity index (χ4v) is 2.39. The van der Waals surface area contributed by atoms with Crippen molar-refractivity contribution >= 4 is 5.91 Å². The molecule has 0 N–H and O–H groups in total. The number of ether oxygens (including phenoxy) is 1. The van der Waals surface area contributed by atoms with E-state index in [2.05, 4.69) is 12.1 Å². The second-order valence-corrected chi connectivity index (χ2v) is 5.05. The van der Waals surface area contributed by atoms with E-state index in [-0.39, 0.29) is 17.9 Å². The first-order valence-electron chi connectivity index (χ1n) is 6.60. The van der Waals surface area contributed by atoms with Crippen molar-refractivity contribution in [2.24, 2.45) is 5.92 Å². The normalized spacial score (nSPS) is 21.7. The first-order chi connectivity index (χ1) is 8.68. The Labute approximate surface area is 109 Å². The highest BCUT2D eigenvalue weighted by Crippen LogP contribution is 2.15. The van der Waals surface area contributed by atoms with Crippen LogP contribution in [0.1, 0.15) is 19.4 Å². The number of hydrogen-bond acceptors (Lipinski definition) is 2. The van der Waals surface area contributed by atoms with Gasteiger partial charge >= 0.3 is 0 Å². The van der Waals surface area contributed by atoms with Gasteiger partial charge in [-0.1, -0.05) is 37.3 Å². The van der Waals surface area contributed by atoms with Crippen molar-refractivity contribution in [1.29, 1.82) is 0 Å². The summed E-state index contributed by atoms with van der Waals surface area (Å²) in [5, 5.41) is 0. The molecule has 0 spiro atoms. The average molecular weight is 247 g/mol. The number of carbonyl (C=O) groups excluding carboxylic acids is 1. The van der Waals surface area contributed by atoms with Gasteiger partial charge < -0.3 is 9.64 Å². The second kappa shape index (κ2) is 6.01. The SMILES string of the molecule is CC(Cc1ccccc1)C(=O)N1CCOCC1C. The molecule has 2 unspecified atom stereocenters.